The fourth-order valence-corrected chi connectivity index (χ4v) is 2.68. The Morgan fingerprint density at radius 2 is 2.12 bits per heavy atom. The van der Waals surface area contributed by atoms with Crippen LogP contribution in [0.1, 0.15) is 47.0 Å². The average Bonchev–Trinajstić information content (AvgIpc) is 3.06. The predicted molar refractivity (Wildman–Crippen MR) is 98.0 cm³/mol. The number of nitrogens with one attached hydrogen (secondary N) is 1. The van der Waals surface area contributed by atoms with Crippen molar-refractivity contribution in [3.8, 4) is 0 Å². The van der Waals surface area contributed by atoms with Crippen LogP contribution in [0.2, 0.25) is 5.02 Å². The van der Waals surface area contributed by atoms with Crippen LogP contribution in [0.5, 0.6) is 0 Å². The molecule has 6 nitrogen and oxygen atoms in total. The molecule has 0 atom stereocenters. The van der Waals surface area contributed by atoms with Crippen LogP contribution in [-0.2, 0) is 12.0 Å². The molecule has 0 radical (unpaired) electrons. The molecule has 26 heavy (non-hydrogen) atoms. The Hall–Kier alpha value is -2.73. The first-order valence-corrected chi connectivity index (χ1v) is 8.53. The second-order valence-electron chi connectivity index (χ2n) is 6.58. The van der Waals surface area contributed by atoms with E-state index in [1.54, 1.807) is 36.7 Å². The number of rotatable bonds is 5. The number of carbonyl (C=O) groups excluding carboxylic acids is 1. The summed E-state index contributed by atoms with van der Waals surface area (Å²) in [5.74, 6) is 0.641. The summed E-state index contributed by atoms with van der Waals surface area (Å²) < 4.78 is 5.36. The molecule has 0 unspecified atom stereocenters. The molecule has 3 rings (SSSR count). The lowest BCUT2D eigenvalue weighted by Crippen LogP contribution is -2.41. The van der Waals surface area contributed by atoms with Gasteiger partial charge in [0, 0.05) is 23.0 Å². The third-order valence-corrected chi connectivity index (χ3v) is 4.25. The quantitative estimate of drug-likeness (QED) is 0.740. The SMILES string of the molecule is Cc1cnccc1Cc1nc(C(C)(C)NC(=O)c2cccc(Cl)c2)no1. The molecule has 134 valence electrons. The highest BCUT2D eigenvalue weighted by Gasteiger charge is 2.29. The topological polar surface area (TPSA) is 80.9 Å². The molecule has 0 spiro atoms. The van der Waals surface area contributed by atoms with Crippen molar-refractivity contribution in [2.45, 2.75) is 32.7 Å². The summed E-state index contributed by atoms with van der Waals surface area (Å²) in [6, 6.07) is 8.68. The highest BCUT2D eigenvalue weighted by atomic mass is 35.5. The monoisotopic (exact) mass is 370 g/mol. The van der Waals surface area contributed by atoms with Gasteiger partial charge in [-0.05, 0) is 56.2 Å². The third-order valence-electron chi connectivity index (χ3n) is 4.02. The van der Waals surface area contributed by atoms with Crippen LogP contribution in [0.15, 0.2) is 47.2 Å². The van der Waals surface area contributed by atoms with Gasteiger partial charge in [-0.25, -0.2) is 0 Å². The molecule has 7 heteroatoms. The summed E-state index contributed by atoms with van der Waals surface area (Å²) in [5, 5.41) is 7.45. The van der Waals surface area contributed by atoms with Crippen molar-refractivity contribution >= 4 is 17.5 Å². The second-order valence-corrected chi connectivity index (χ2v) is 7.02. The predicted octanol–water partition coefficient (Wildman–Crippen LogP) is 3.68. The normalized spacial score (nSPS) is 11.4. The second kappa shape index (κ2) is 7.25. The lowest BCUT2D eigenvalue weighted by atomic mass is 10.0. The molecular weight excluding hydrogens is 352 g/mol. The van der Waals surface area contributed by atoms with Gasteiger partial charge in [0.1, 0.15) is 0 Å². The Kier molecular flexibility index (Phi) is 5.04. The summed E-state index contributed by atoms with van der Waals surface area (Å²) in [4.78, 5) is 21.0. The van der Waals surface area contributed by atoms with Crippen molar-refractivity contribution in [2.24, 2.45) is 0 Å². The molecule has 0 bridgehead atoms. The number of nitrogens with zero attached hydrogens (tertiary/aromatic N) is 3. The summed E-state index contributed by atoms with van der Waals surface area (Å²) in [5.41, 5.74) is 1.80. The zero-order valence-corrected chi connectivity index (χ0v) is 15.5. The van der Waals surface area contributed by atoms with Crippen LogP contribution in [0, 0.1) is 6.92 Å². The third kappa shape index (κ3) is 4.08. The number of hydrogen-bond donors (Lipinski definition) is 1. The first-order valence-electron chi connectivity index (χ1n) is 8.16. The number of aromatic nitrogens is 3. The summed E-state index contributed by atoms with van der Waals surface area (Å²) in [7, 11) is 0. The maximum absolute atomic E-state index is 12.5. The first-order chi connectivity index (χ1) is 12.3. The van der Waals surface area contributed by atoms with E-state index in [2.05, 4.69) is 20.4 Å². The summed E-state index contributed by atoms with van der Waals surface area (Å²) in [6.07, 6.45) is 4.04. The average molecular weight is 371 g/mol. The van der Waals surface area contributed by atoms with Crippen LogP contribution >= 0.6 is 11.6 Å². The molecule has 0 saturated carbocycles. The lowest BCUT2D eigenvalue weighted by molar-refractivity contribution is 0.0907. The zero-order chi connectivity index (χ0) is 18.7. The zero-order valence-electron chi connectivity index (χ0n) is 14.8. The molecular formula is C19H19ClN4O2. The van der Waals surface area contributed by atoms with Gasteiger partial charge >= 0.3 is 0 Å². The van der Waals surface area contributed by atoms with Gasteiger partial charge in [-0.15, -0.1) is 0 Å². The van der Waals surface area contributed by atoms with E-state index < -0.39 is 5.54 Å². The fourth-order valence-electron chi connectivity index (χ4n) is 2.49. The van der Waals surface area contributed by atoms with Crippen molar-refractivity contribution in [1.29, 1.82) is 0 Å². The van der Waals surface area contributed by atoms with E-state index in [9.17, 15) is 4.79 Å². The lowest BCUT2D eigenvalue weighted by Gasteiger charge is -2.22. The molecule has 2 heterocycles. The maximum atomic E-state index is 12.5. The molecule has 0 fully saturated rings. The summed E-state index contributed by atoms with van der Waals surface area (Å²) >= 11 is 5.95. The van der Waals surface area contributed by atoms with E-state index in [0.29, 0.717) is 28.7 Å². The van der Waals surface area contributed by atoms with Gasteiger partial charge in [0.25, 0.3) is 5.91 Å². The smallest absolute Gasteiger partial charge is 0.252 e. The minimum absolute atomic E-state index is 0.256. The first kappa shape index (κ1) is 18.1. The van der Waals surface area contributed by atoms with Crippen LogP contribution in [0.25, 0.3) is 0 Å². The standard InChI is InChI=1S/C19H19ClN4O2/c1-12-11-21-8-7-13(12)10-16-22-18(24-26-16)19(2,3)23-17(25)14-5-4-6-15(20)9-14/h4-9,11H,10H2,1-3H3,(H,23,25). The van der Waals surface area contributed by atoms with E-state index in [4.69, 9.17) is 16.1 Å². The van der Waals surface area contributed by atoms with Crippen molar-refractivity contribution in [1.82, 2.24) is 20.4 Å². The van der Waals surface area contributed by atoms with E-state index in [1.165, 1.54) is 0 Å². The van der Waals surface area contributed by atoms with E-state index in [-0.39, 0.29) is 5.91 Å². The van der Waals surface area contributed by atoms with Crippen molar-refractivity contribution in [3.63, 3.8) is 0 Å². The van der Waals surface area contributed by atoms with Gasteiger partial charge in [0.2, 0.25) is 5.89 Å². The minimum atomic E-state index is -0.797. The van der Waals surface area contributed by atoms with Gasteiger partial charge in [-0.1, -0.05) is 22.8 Å². The molecule has 0 aliphatic heterocycles. The van der Waals surface area contributed by atoms with Crippen molar-refractivity contribution in [2.75, 3.05) is 0 Å². The minimum Gasteiger partial charge on any atom is -0.340 e. The van der Waals surface area contributed by atoms with E-state index >= 15 is 0 Å². The number of amides is 1. The highest BCUT2D eigenvalue weighted by molar-refractivity contribution is 6.30. The Morgan fingerprint density at radius 3 is 2.85 bits per heavy atom. The van der Waals surface area contributed by atoms with E-state index in [0.717, 1.165) is 11.1 Å². The maximum Gasteiger partial charge on any atom is 0.252 e. The molecule has 0 aliphatic rings. The van der Waals surface area contributed by atoms with Crippen molar-refractivity contribution < 1.29 is 9.32 Å². The Morgan fingerprint density at radius 1 is 1.31 bits per heavy atom. The molecule has 1 amide bonds. The van der Waals surface area contributed by atoms with Gasteiger partial charge in [0.15, 0.2) is 5.82 Å². The van der Waals surface area contributed by atoms with Crippen LogP contribution in [0.4, 0.5) is 0 Å². The Labute approximate surface area is 156 Å². The number of benzene rings is 1. The van der Waals surface area contributed by atoms with Crippen LogP contribution < -0.4 is 5.32 Å². The number of halogens is 1. The number of aryl methyl sites for hydroxylation is 1. The van der Waals surface area contributed by atoms with Gasteiger partial charge in [0.05, 0.1) is 12.0 Å². The Balaban J connectivity index is 1.74. The number of pyridine rings is 1. The molecule has 1 aromatic carbocycles. The molecule has 0 aliphatic carbocycles. The number of carbonyl (C=O) groups is 1. The van der Waals surface area contributed by atoms with Crippen molar-refractivity contribution in [3.05, 3.63) is 76.2 Å². The highest BCUT2D eigenvalue weighted by Crippen LogP contribution is 2.20. The largest absolute Gasteiger partial charge is 0.340 e. The number of hydrogen-bond acceptors (Lipinski definition) is 5. The van der Waals surface area contributed by atoms with Gasteiger partial charge in [-0.2, -0.15) is 4.98 Å². The van der Waals surface area contributed by atoms with Crippen LogP contribution in [-0.4, -0.2) is 21.0 Å². The fraction of sp³-hybridized carbons (Fsp3) is 0.263. The molecule has 2 aromatic heterocycles. The van der Waals surface area contributed by atoms with Gasteiger partial charge < -0.3 is 9.84 Å². The van der Waals surface area contributed by atoms with Gasteiger partial charge in [-0.3, -0.25) is 9.78 Å². The van der Waals surface area contributed by atoms with Crippen LogP contribution in [0.3, 0.4) is 0 Å². The molecule has 3 aromatic rings. The summed E-state index contributed by atoms with van der Waals surface area (Å²) in [6.45, 7) is 5.62. The molecule has 0 saturated heterocycles. The molecule has 1 N–H and O–H groups in total. The van der Waals surface area contributed by atoms with E-state index in [1.807, 2.05) is 26.8 Å². The Bertz CT molecular complexity index is 937.